The van der Waals surface area contributed by atoms with E-state index in [2.05, 4.69) is 20.9 Å². The molecule has 5 nitrogen and oxygen atoms in total. The van der Waals surface area contributed by atoms with Gasteiger partial charge in [-0.1, -0.05) is 15.9 Å². The van der Waals surface area contributed by atoms with Crippen molar-refractivity contribution >= 4 is 30.8 Å². The highest BCUT2D eigenvalue weighted by Gasteiger charge is 2.24. The van der Waals surface area contributed by atoms with Crippen molar-refractivity contribution in [2.75, 3.05) is 6.61 Å². The predicted molar refractivity (Wildman–Crippen MR) is 68.3 cm³/mol. The number of rotatable bonds is 3. The molecule has 0 aliphatic carbocycles. The molecule has 0 saturated heterocycles. The third-order valence-corrected chi connectivity index (χ3v) is 3.98. The lowest BCUT2D eigenvalue weighted by Gasteiger charge is -2.05. The fourth-order valence-corrected chi connectivity index (χ4v) is 2.48. The first-order valence-corrected chi connectivity index (χ1v) is 6.99. The molecule has 1 aliphatic rings. The minimum atomic E-state index is -3.49. The number of benzene rings is 1. The SMILES string of the molecule is NC1=CS(=O)(=O)C(COc2ccc(Br)cc2)=N1. The van der Waals surface area contributed by atoms with Crippen molar-refractivity contribution < 1.29 is 13.2 Å². The quantitative estimate of drug-likeness (QED) is 0.914. The molecule has 2 N–H and O–H groups in total. The van der Waals surface area contributed by atoms with E-state index in [4.69, 9.17) is 10.5 Å². The van der Waals surface area contributed by atoms with Gasteiger partial charge in [-0.05, 0) is 24.3 Å². The van der Waals surface area contributed by atoms with Crippen LogP contribution in [0, 0.1) is 0 Å². The maximum absolute atomic E-state index is 11.5. The van der Waals surface area contributed by atoms with Gasteiger partial charge in [0.05, 0.1) is 5.41 Å². The van der Waals surface area contributed by atoms with Crippen molar-refractivity contribution in [2.24, 2.45) is 10.7 Å². The van der Waals surface area contributed by atoms with Gasteiger partial charge in [-0.3, -0.25) is 0 Å². The van der Waals surface area contributed by atoms with E-state index in [-0.39, 0.29) is 17.5 Å². The van der Waals surface area contributed by atoms with Crippen LogP contribution in [0.3, 0.4) is 0 Å². The monoisotopic (exact) mass is 316 g/mol. The molecule has 0 amide bonds. The maximum Gasteiger partial charge on any atom is 0.220 e. The third kappa shape index (κ3) is 2.86. The summed E-state index contributed by atoms with van der Waals surface area (Å²) < 4.78 is 29.2. The molecule has 1 aromatic rings. The summed E-state index contributed by atoms with van der Waals surface area (Å²) >= 11 is 3.29. The molecule has 2 rings (SSSR count). The number of nitrogens with two attached hydrogens (primary N) is 1. The van der Waals surface area contributed by atoms with Crippen LogP contribution in [0.15, 0.2) is 45.0 Å². The fourth-order valence-electron chi connectivity index (χ4n) is 1.25. The molecule has 1 aromatic carbocycles. The molecule has 1 aliphatic heterocycles. The number of nitrogens with zero attached hydrogens (tertiary/aromatic N) is 1. The lowest BCUT2D eigenvalue weighted by Crippen LogP contribution is -2.17. The number of hydrogen-bond donors (Lipinski definition) is 1. The number of hydrogen-bond acceptors (Lipinski definition) is 5. The summed E-state index contributed by atoms with van der Waals surface area (Å²) in [6, 6.07) is 7.05. The van der Waals surface area contributed by atoms with Crippen molar-refractivity contribution in [3.05, 3.63) is 40.0 Å². The summed E-state index contributed by atoms with van der Waals surface area (Å²) in [6.45, 7) is -0.124. The summed E-state index contributed by atoms with van der Waals surface area (Å²) in [5, 5.41) is 0.853. The van der Waals surface area contributed by atoms with Gasteiger partial charge in [0.2, 0.25) is 9.84 Å². The van der Waals surface area contributed by atoms with Gasteiger partial charge in [-0.15, -0.1) is 0 Å². The first kappa shape index (κ1) is 12.1. The first-order valence-electron chi connectivity index (χ1n) is 4.65. The van der Waals surface area contributed by atoms with Gasteiger partial charge >= 0.3 is 0 Å². The highest BCUT2D eigenvalue weighted by atomic mass is 79.9. The molecule has 0 aromatic heterocycles. The first-order chi connectivity index (χ1) is 7.97. The Hall–Kier alpha value is -1.34. The molecule has 0 spiro atoms. The van der Waals surface area contributed by atoms with E-state index in [1.54, 1.807) is 24.3 Å². The van der Waals surface area contributed by atoms with Crippen LogP contribution in [-0.2, 0) is 9.84 Å². The largest absolute Gasteiger partial charge is 0.487 e. The Kier molecular flexibility index (Phi) is 3.21. The average Bonchev–Trinajstić information content (AvgIpc) is 2.51. The van der Waals surface area contributed by atoms with Crippen LogP contribution < -0.4 is 10.5 Å². The van der Waals surface area contributed by atoms with Gasteiger partial charge < -0.3 is 10.5 Å². The third-order valence-electron chi connectivity index (χ3n) is 2.03. The standard InChI is InChI=1S/C10H9BrN2O3S/c11-7-1-3-8(4-2-7)16-5-10-13-9(12)6-17(10,14)15/h1-4,6H,5,12H2. The highest BCUT2D eigenvalue weighted by Crippen LogP contribution is 2.17. The van der Waals surface area contributed by atoms with Gasteiger partial charge in [0, 0.05) is 4.47 Å². The topological polar surface area (TPSA) is 81.8 Å². The fraction of sp³-hybridized carbons (Fsp3) is 0.100. The lowest BCUT2D eigenvalue weighted by molar-refractivity contribution is 0.378. The molecule has 0 atom stereocenters. The van der Waals surface area contributed by atoms with Gasteiger partial charge in [0.15, 0.2) is 5.04 Å². The Labute approximate surface area is 107 Å². The minimum Gasteiger partial charge on any atom is -0.487 e. The van der Waals surface area contributed by atoms with Crippen LogP contribution in [-0.4, -0.2) is 20.1 Å². The summed E-state index contributed by atoms with van der Waals surface area (Å²) in [4.78, 5) is 3.71. The molecule has 0 unspecified atom stereocenters. The van der Waals surface area contributed by atoms with E-state index in [0.29, 0.717) is 5.75 Å². The zero-order chi connectivity index (χ0) is 12.5. The molecule has 0 saturated carbocycles. The van der Waals surface area contributed by atoms with Crippen LogP contribution in [0.25, 0.3) is 0 Å². The van der Waals surface area contributed by atoms with Crippen molar-refractivity contribution in [2.45, 2.75) is 0 Å². The summed E-state index contributed by atoms with van der Waals surface area (Å²) in [7, 11) is -3.49. The van der Waals surface area contributed by atoms with Crippen molar-refractivity contribution in [1.29, 1.82) is 0 Å². The van der Waals surface area contributed by atoms with Gasteiger partial charge in [-0.2, -0.15) is 0 Å². The molecule has 1 heterocycles. The summed E-state index contributed by atoms with van der Waals surface area (Å²) in [6.07, 6.45) is 0. The van der Waals surface area contributed by atoms with Gasteiger partial charge in [0.25, 0.3) is 0 Å². The molecule has 0 fully saturated rings. The van der Waals surface area contributed by atoms with Crippen LogP contribution in [0.5, 0.6) is 5.75 Å². The minimum absolute atomic E-state index is 0.0144. The number of sulfone groups is 1. The van der Waals surface area contributed by atoms with E-state index >= 15 is 0 Å². The normalized spacial score (nSPS) is 17.5. The Bertz CT molecular complexity index is 590. The number of ether oxygens (including phenoxy) is 1. The zero-order valence-corrected chi connectivity index (χ0v) is 11.0. The van der Waals surface area contributed by atoms with E-state index < -0.39 is 9.84 Å². The van der Waals surface area contributed by atoms with E-state index in [1.807, 2.05) is 0 Å². The van der Waals surface area contributed by atoms with Crippen molar-refractivity contribution in [3.63, 3.8) is 0 Å². The maximum atomic E-state index is 11.5. The number of halogens is 1. The van der Waals surface area contributed by atoms with Crippen LogP contribution in [0.2, 0.25) is 0 Å². The van der Waals surface area contributed by atoms with E-state index in [0.717, 1.165) is 9.88 Å². The molecule has 0 radical (unpaired) electrons. The number of aliphatic imine (C=N–C) groups is 1. The highest BCUT2D eigenvalue weighted by molar-refractivity contribution is 9.10. The Morgan fingerprint density at radius 1 is 1.29 bits per heavy atom. The second kappa shape index (κ2) is 4.50. The molecular weight excluding hydrogens is 308 g/mol. The molecule has 17 heavy (non-hydrogen) atoms. The van der Waals surface area contributed by atoms with Crippen molar-refractivity contribution in [3.8, 4) is 5.75 Å². The molecule has 0 bridgehead atoms. The van der Waals surface area contributed by atoms with Crippen LogP contribution in [0.4, 0.5) is 0 Å². The summed E-state index contributed by atoms with van der Waals surface area (Å²) in [5.41, 5.74) is 5.32. The second-order valence-corrected chi connectivity index (χ2v) is 6.05. The van der Waals surface area contributed by atoms with Gasteiger partial charge in [-0.25, -0.2) is 13.4 Å². The molecular formula is C10H9BrN2O3S. The lowest BCUT2D eigenvalue weighted by atomic mass is 10.3. The molecule has 7 heteroatoms. The Balaban J connectivity index is 2.05. The smallest absolute Gasteiger partial charge is 0.220 e. The average molecular weight is 317 g/mol. The van der Waals surface area contributed by atoms with Gasteiger partial charge in [0.1, 0.15) is 18.2 Å². The van der Waals surface area contributed by atoms with E-state index in [1.165, 1.54) is 0 Å². The van der Waals surface area contributed by atoms with Crippen LogP contribution in [0.1, 0.15) is 0 Å². The summed E-state index contributed by atoms with van der Waals surface area (Å²) in [5.74, 6) is 0.552. The Morgan fingerprint density at radius 2 is 1.94 bits per heavy atom. The van der Waals surface area contributed by atoms with E-state index in [9.17, 15) is 8.42 Å². The molecule has 90 valence electrons. The zero-order valence-electron chi connectivity index (χ0n) is 8.63. The predicted octanol–water partition coefficient (Wildman–Crippen LogP) is 1.41. The van der Waals surface area contributed by atoms with Crippen LogP contribution >= 0.6 is 15.9 Å². The second-order valence-electron chi connectivity index (χ2n) is 3.34. The Morgan fingerprint density at radius 3 is 2.47 bits per heavy atom. The van der Waals surface area contributed by atoms with Crippen molar-refractivity contribution in [1.82, 2.24) is 0 Å².